The first-order valence-electron chi connectivity index (χ1n) is 3.09. The largest absolute Gasteiger partial charge is 2.00 e. The maximum Gasteiger partial charge on any atom is 2.00 e. The van der Waals surface area contributed by atoms with Gasteiger partial charge >= 0.3 is 23.1 Å². The average Bonchev–Trinajstić information content (AvgIpc) is 1.59. The molecule has 0 nitrogen and oxygen atoms in total. The van der Waals surface area contributed by atoms with E-state index < -0.39 is 0 Å². The van der Waals surface area contributed by atoms with Gasteiger partial charge in [0.15, 0.2) is 0 Å². The van der Waals surface area contributed by atoms with E-state index in [9.17, 15) is 0 Å². The summed E-state index contributed by atoms with van der Waals surface area (Å²) >= 11 is 0. The minimum atomic E-state index is 0. The van der Waals surface area contributed by atoms with Crippen LogP contribution in [0.15, 0.2) is 18.2 Å². The summed E-state index contributed by atoms with van der Waals surface area (Å²) in [5.74, 6) is 0. The number of halogens is 1. The van der Waals surface area contributed by atoms with Gasteiger partial charge in [-0.2, -0.15) is 24.6 Å². The molecule has 1 aromatic carbocycles. The topological polar surface area (TPSA) is 0 Å². The second kappa shape index (κ2) is 5.75. The first-order valence-corrected chi connectivity index (χ1v) is 3.09. The van der Waals surface area contributed by atoms with Gasteiger partial charge in [-0.05, 0) is 0 Å². The van der Waals surface area contributed by atoms with Crippen LogP contribution in [0, 0.1) is 20.8 Å². The van der Waals surface area contributed by atoms with Crippen LogP contribution in [0.1, 0.15) is 16.7 Å². The van der Waals surface area contributed by atoms with Gasteiger partial charge < -0.3 is 12.4 Å². The molecule has 1 rings (SSSR count). The second-order valence-electron chi connectivity index (χ2n) is 2.50. The maximum absolute atomic E-state index is 3.84. The summed E-state index contributed by atoms with van der Waals surface area (Å²) in [5.41, 5.74) is 3.69. The van der Waals surface area contributed by atoms with Crippen molar-refractivity contribution in [3.05, 3.63) is 41.8 Å². The Morgan fingerprint density at radius 3 is 1.64 bits per heavy atom. The fourth-order valence-electron chi connectivity index (χ4n) is 1.07. The molecule has 0 saturated carbocycles. The molecule has 0 bridgehead atoms. The molecule has 0 aliphatic heterocycles. The van der Waals surface area contributed by atoms with Crippen LogP contribution in [0.25, 0.3) is 0 Å². The van der Waals surface area contributed by atoms with Gasteiger partial charge in [-0.3, -0.25) is 0 Å². The van der Waals surface area contributed by atoms with Crippen molar-refractivity contribution >= 4 is 23.1 Å². The predicted molar refractivity (Wildman–Crippen MR) is 46.1 cm³/mol. The first-order chi connectivity index (χ1) is 4.18. The Labute approximate surface area is 90.9 Å². The van der Waals surface area contributed by atoms with Crippen molar-refractivity contribution < 1.29 is 12.4 Å². The van der Waals surface area contributed by atoms with Crippen molar-refractivity contribution in [2.75, 3.05) is 0 Å². The third-order valence-corrected chi connectivity index (χ3v) is 1.28. The number of hydrogen-bond donors (Lipinski definition) is 0. The Hall–Kier alpha value is 0.146. The fourth-order valence-corrected chi connectivity index (χ4v) is 1.07. The monoisotopic (exact) mass is 178 g/mol. The van der Waals surface area contributed by atoms with Gasteiger partial charge in [-0.1, -0.05) is 19.9 Å². The van der Waals surface area contributed by atoms with Crippen LogP contribution in [-0.2, 0) is 0 Å². The summed E-state index contributed by atoms with van der Waals surface area (Å²) < 4.78 is 0. The van der Waals surface area contributed by atoms with Gasteiger partial charge in [0.05, 0.1) is 0 Å². The molecule has 0 aliphatic rings. The minimum absolute atomic E-state index is 0. The maximum atomic E-state index is 3.84. The Balaban J connectivity index is 0. The van der Waals surface area contributed by atoms with Crippen LogP contribution in [0.5, 0.6) is 0 Å². The van der Waals surface area contributed by atoms with E-state index in [1.54, 1.807) is 0 Å². The molecular weight excluding hydrogens is 168 g/mol. The minimum Gasteiger partial charge on any atom is -1.00 e. The fraction of sp³-hybridized carbons (Fsp3) is 0.222. The summed E-state index contributed by atoms with van der Waals surface area (Å²) in [6, 6.07) is 6.30. The van der Waals surface area contributed by atoms with Gasteiger partial charge in [-0.15, -0.1) is 11.1 Å². The van der Waals surface area contributed by atoms with Crippen LogP contribution >= 0.6 is 0 Å². The van der Waals surface area contributed by atoms with E-state index in [1.165, 1.54) is 11.1 Å². The Bertz CT molecular complexity index is 170. The van der Waals surface area contributed by atoms with Crippen LogP contribution in [0.2, 0.25) is 0 Å². The molecule has 0 unspecified atom stereocenters. The van der Waals surface area contributed by atoms with Crippen LogP contribution < -0.4 is 12.4 Å². The molecule has 1 aromatic rings. The third kappa shape index (κ3) is 4.56. The zero-order chi connectivity index (χ0) is 6.85. The molecule has 0 radical (unpaired) electrons. The van der Waals surface area contributed by atoms with Crippen LogP contribution in [0.3, 0.4) is 0 Å². The van der Waals surface area contributed by atoms with Crippen LogP contribution in [-0.4, -0.2) is 23.1 Å². The Kier molecular flexibility index (Phi) is 7.17. The van der Waals surface area contributed by atoms with Crippen molar-refractivity contribution in [2.45, 2.75) is 13.8 Å². The molecule has 56 valence electrons. The number of hydrogen-bond acceptors (Lipinski definition) is 0. The summed E-state index contributed by atoms with van der Waals surface area (Å²) in [7, 11) is 0. The zero-order valence-electron chi connectivity index (χ0n) is 7.02. The normalized spacial score (nSPS) is 7.82. The standard InChI is InChI=1S/C9H11.ClH.Mg/c1-7-4-8(2)6-9(3)5-7;;/h4-6H,1H2,2-3H3;1H;/q-1;;+2/p-1. The summed E-state index contributed by atoms with van der Waals surface area (Å²) in [4.78, 5) is 0. The molecule has 0 saturated heterocycles. The molecule has 2 heteroatoms. The molecule has 0 amide bonds. The van der Waals surface area contributed by atoms with E-state index in [4.69, 9.17) is 0 Å². The number of rotatable bonds is 0. The molecule has 0 aromatic heterocycles. The zero-order valence-corrected chi connectivity index (χ0v) is 9.19. The van der Waals surface area contributed by atoms with Crippen molar-refractivity contribution in [2.24, 2.45) is 0 Å². The van der Waals surface area contributed by atoms with Gasteiger partial charge in [0, 0.05) is 0 Å². The van der Waals surface area contributed by atoms with E-state index in [0.29, 0.717) is 0 Å². The quantitative estimate of drug-likeness (QED) is 0.358. The SMILES string of the molecule is [CH2-]c1cc(C)cc(C)c1.[Cl-].[Mg+2]. The van der Waals surface area contributed by atoms with E-state index >= 15 is 0 Å². The molecule has 0 heterocycles. The summed E-state index contributed by atoms with van der Waals surface area (Å²) in [6.45, 7) is 8.01. The molecule has 0 spiro atoms. The van der Waals surface area contributed by atoms with E-state index in [-0.39, 0.29) is 35.5 Å². The average molecular weight is 179 g/mol. The Morgan fingerprint density at radius 2 is 1.36 bits per heavy atom. The van der Waals surface area contributed by atoms with E-state index in [2.05, 4.69) is 39.0 Å². The van der Waals surface area contributed by atoms with E-state index in [1.807, 2.05) is 0 Å². The number of benzene rings is 1. The smallest absolute Gasteiger partial charge is 1.00 e. The first kappa shape index (κ1) is 13.7. The summed E-state index contributed by atoms with van der Waals surface area (Å²) in [6.07, 6.45) is 0. The Morgan fingerprint density at radius 1 is 1.00 bits per heavy atom. The van der Waals surface area contributed by atoms with Gasteiger partial charge in [0.2, 0.25) is 0 Å². The molecule has 0 fully saturated rings. The second-order valence-corrected chi connectivity index (χ2v) is 2.50. The molecule has 0 aliphatic carbocycles. The van der Waals surface area contributed by atoms with Crippen molar-refractivity contribution in [1.29, 1.82) is 0 Å². The van der Waals surface area contributed by atoms with Crippen molar-refractivity contribution in [1.82, 2.24) is 0 Å². The third-order valence-electron chi connectivity index (χ3n) is 1.28. The van der Waals surface area contributed by atoms with Gasteiger partial charge in [-0.25, -0.2) is 0 Å². The molecule has 11 heavy (non-hydrogen) atoms. The van der Waals surface area contributed by atoms with E-state index in [0.717, 1.165) is 5.56 Å². The van der Waals surface area contributed by atoms with Crippen molar-refractivity contribution in [3.63, 3.8) is 0 Å². The van der Waals surface area contributed by atoms with Crippen molar-refractivity contribution in [3.8, 4) is 0 Å². The number of aryl methyl sites for hydroxylation is 2. The molecular formula is C9H11ClMg. The van der Waals surface area contributed by atoms with Gasteiger partial charge in [0.25, 0.3) is 0 Å². The predicted octanol–water partition coefficient (Wildman–Crippen LogP) is -0.891. The summed E-state index contributed by atoms with van der Waals surface area (Å²) in [5, 5.41) is 0. The van der Waals surface area contributed by atoms with Gasteiger partial charge in [0.1, 0.15) is 0 Å². The molecule has 0 N–H and O–H groups in total. The van der Waals surface area contributed by atoms with Crippen LogP contribution in [0.4, 0.5) is 0 Å². The molecule has 0 atom stereocenters.